The Morgan fingerprint density at radius 3 is 2.50 bits per heavy atom. The minimum atomic E-state index is -1.46. The van der Waals surface area contributed by atoms with E-state index in [1.54, 1.807) is 6.07 Å². The maximum Gasteiger partial charge on any atom is 0.489 e. The van der Waals surface area contributed by atoms with E-state index in [1.165, 1.54) is 0 Å². The zero-order chi connectivity index (χ0) is 14.3. The summed E-state index contributed by atoms with van der Waals surface area (Å²) in [5, 5.41) is 25.2. The fourth-order valence-corrected chi connectivity index (χ4v) is 2.72. The number of rotatable bonds is 1. The van der Waals surface area contributed by atoms with Gasteiger partial charge in [-0.15, -0.1) is 0 Å². The largest absolute Gasteiger partial charge is 0.489 e. The van der Waals surface area contributed by atoms with Gasteiger partial charge in [-0.3, -0.25) is 0 Å². The molecule has 3 heteroatoms. The molecule has 0 fully saturated rings. The number of hydrogen-bond acceptors (Lipinski definition) is 2. The third kappa shape index (κ3) is 1.92. The fourth-order valence-electron chi connectivity index (χ4n) is 2.72. The van der Waals surface area contributed by atoms with E-state index in [1.807, 2.05) is 37.3 Å². The highest BCUT2D eigenvalue weighted by Crippen LogP contribution is 2.22. The van der Waals surface area contributed by atoms with E-state index < -0.39 is 7.12 Å². The van der Waals surface area contributed by atoms with E-state index in [-0.39, 0.29) is 0 Å². The summed E-state index contributed by atoms with van der Waals surface area (Å²) in [5.74, 6) is 0. The van der Waals surface area contributed by atoms with Gasteiger partial charge in [0.25, 0.3) is 0 Å². The molecule has 20 heavy (non-hydrogen) atoms. The third-order valence-corrected chi connectivity index (χ3v) is 3.76. The van der Waals surface area contributed by atoms with Crippen molar-refractivity contribution in [3.8, 4) is 0 Å². The van der Waals surface area contributed by atoms with Crippen LogP contribution >= 0.6 is 0 Å². The van der Waals surface area contributed by atoms with Crippen molar-refractivity contribution in [1.82, 2.24) is 0 Å². The Hall–Kier alpha value is -2.10. The summed E-state index contributed by atoms with van der Waals surface area (Å²) < 4.78 is 0. The average Bonchev–Trinajstić information content (AvgIpc) is 2.45. The van der Waals surface area contributed by atoms with Gasteiger partial charge in [0.05, 0.1) is 0 Å². The van der Waals surface area contributed by atoms with Gasteiger partial charge < -0.3 is 10.0 Å². The van der Waals surface area contributed by atoms with E-state index in [4.69, 9.17) is 0 Å². The number of fused-ring (bicyclic) bond motifs is 3. The van der Waals surface area contributed by atoms with Gasteiger partial charge in [-0.05, 0) is 56.5 Å². The summed E-state index contributed by atoms with van der Waals surface area (Å²) in [6.07, 6.45) is 2.03. The molecule has 0 saturated carbocycles. The lowest BCUT2D eigenvalue weighted by atomic mass is 9.76. The summed E-state index contributed by atoms with van der Waals surface area (Å²) >= 11 is 0. The van der Waals surface area contributed by atoms with Crippen molar-refractivity contribution in [2.24, 2.45) is 0 Å². The predicted octanol–water partition coefficient (Wildman–Crippen LogP) is 0.883. The van der Waals surface area contributed by atoms with Gasteiger partial charge in [-0.25, -0.2) is 0 Å². The lowest BCUT2D eigenvalue weighted by Crippen LogP contribution is -2.30. The van der Waals surface area contributed by atoms with Gasteiger partial charge in [-0.2, -0.15) is 0 Å². The predicted molar refractivity (Wildman–Crippen MR) is 86.2 cm³/mol. The maximum atomic E-state index is 9.48. The molecule has 0 heterocycles. The quantitative estimate of drug-likeness (QED) is 0.505. The maximum absolute atomic E-state index is 9.48. The molecule has 0 aromatic heterocycles. The summed E-state index contributed by atoms with van der Waals surface area (Å²) in [6, 6.07) is 13.7. The third-order valence-electron chi connectivity index (χ3n) is 3.76. The van der Waals surface area contributed by atoms with Crippen molar-refractivity contribution in [2.45, 2.75) is 6.92 Å². The van der Waals surface area contributed by atoms with Crippen LogP contribution in [0.5, 0.6) is 0 Å². The van der Waals surface area contributed by atoms with Crippen molar-refractivity contribution in [2.75, 3.05) is 0 Å². The average molecular weight is 262 g/mol. The molecule has 0 aliphatic carbocycles. The van der Waals surface area contributed by atoms with Crippen LogP contribution in [0.2, 0.25) is 0 Å². The summed E-state index contributed by atoms with van der Waals surface area (Å²) in [4.78, 5) is 0. The Labute approximate surface area is 117 Å². The minimum Gasteiger partial charge on any atom is -0.423 e. The second-order valence-electron chi connectivity index (χ2n) is 4.94. The molecule has 3 aromatic carbocycles. The second kappa shape index (κ2) is 4.78. The summed E-state index contributed by atoms with van der Waals surface area (Å²) in [6.45, 7) is 6.05. The van der Waals surface area contributed by atoms with Crippen LogP contribution in [0.25, 0.3) is 34.2 Å². The molecule has 0 atom stereocenters. The first-order chi connectivity index (χ1) is 9.61. The normalized spacial score (nSPS) is 12.2. The van der Waals surface area contributed by atoms with Gasteiger partial charge in [0.1, 0.15) is 0 Å². The Balaban J connectivity index is 2.53. The molecule has 2 nitrogen and oxygen atoms in total. The molecule has 0 unspecified atom stereocenters. The molecule has 0 saturated heterocycles. The van der Waals surface area contributed by atoms with Gasteiger partial charge in [0.2, 0.25) is 0 Å². The molecule has 0 aliphatic heterocycles. The molecule has 2 N–H and O–H groups in total. The van der Waals surface area contributed by atoms with Crippen LogP contribution in [-0.2, 0) is 0 Å². The molecular weight excluding hydrogens is 247 g/mol. The first kappa shape index (κ1) is 12.9. The van der Waals surface area contributed by atoms with Crippen LogP contribution in [0.15, 0.2) is 42.5 Å². The first-order valence-electron chi connectivity index (χ1n) is 6.58. The van der Waals surface area contributed by atoms with E-state index in [0.29, 0.717) is 5.46 Å². The zero-order valence-corrected chi connectivity index (χ0v) is 11.3. The minimum absolute atomic E-state index is 0.533. The Bertz CT molecular complexity index is 914. The number of benzene rings is 3. The molecule has 98 valence electrons. The first-order valence-corrected chi connectivity index (χ1v) is 6.58. The van der Waals surface area contributed by atoms with E-state index in [0.717, 1.165) is 32.0 Å². The van der Waals surface area contributed by atoms with E-state index in [9.17, 15) is 10.0 Å². The Kier molecular flexibility index (Phi) is 3.09. The number of hydrogen-bond donors (Lipinski definition) is 2. The molecule has 0 amide bonds. The lowest BCUT2D eigenvalue weighted by molar-refractivity contribution is 0.426. The van der Waals surface area contributed by atoms with E-state index in [2.05, 4.69) is 18.7 Å². The van der Waals surface area contributed by atoms with Crippen molar-refractivity contribution in [3.05, 3.63) is 52.9 Å². The summed E-state index contributed by atoms with van der Waals surface area (Å²) in [5.41, 5.74) is 0.533. The molecule has 0 spiro atoms. The van der Waals surface area contributed by atoms with Crippen molar-refractivity contribution in [3.63, 3.8) is 0 Å². The van der Waals surface area contributed by atoms with Crippen LogP contribution in [-0.4, -0.2) is 17.2 Å². The highest BCUT2D eigenvalue weighted by Gasteiger charge is 2.14. The molecule has 3 aromatic rings. The van der Waals surface area contributed by atoms with Gasteiger partial charge in [-0.1, -0.05) is 43.0 Å². The topological polar surface area (TPSA) is 40.5 Å². The monoisotopic (exact) mass is 262 g/mol. The van der Waals surface area contributed by atoms with Crippen molar-refractivity contribution < 1.29 is 10.0 Å². The van der Waals surface area contributed by atoms with Crippen LogP contribution in [0, 0.1) is 0 Å². The van der Waals surface area contributed by atoms with Crippen LogP contribution in [0.1, 0.15) is 6.92 Å². The highest BCUT2D eigenvalue weighted by molar-refractivity contribution is 6.62. The lowest BCUT2D eigenvalue weighted by Gasteiger charge is -2.09. The molecule has 3 rings (SSSR count). The fraction of sp³-hybridized carbons (Fsp3) is 0.0588. The summed E-state index contributed by atoms with van der Waals surface area (Å²) in [7, 11) is -1.46. The van der Waals surface area contributed by atoms with Crippen molar-refractivity contribution >= 4 is 46.8 Å². The SMILES string of the molecule is C=c1cc2ccc3c(B(O)O)cccc3c2c/c1=C/C. The zero-order valence-electron chi connectivity index (χ0n) is 11.3. The van der Waals surface area contributed by atoms with Gasteiger partial charge in [0.15, 0.2) is 0 Å². The Morgan fingerprint density at radius 1 is 1.00 bits per heavy atom. The highest BCUT2D eigenvalue weighted by atomic mass is 16.4. The molecule has 0 radical (unpaired) electrons. The van der Waals surface area contributed by atoms with Crippen LogP contribution in [0.3, 0.4) is 0 Å². The standard InChI is InChI=1S/C17H15BO2/c1-3-12-10-16-13(9-11(12)2)7-8-15-14(16)5-4-6-17(15)18(19)20/h3-10,19-20H,2H2,1H3/b12-3-. The van der Waals surface area contributed by atoms with Gasteiger partial charge in [0, 0.05) is 0 Å². The van der Waals surface area contributed by atoms with Crippen LogP contribution < -0.4 is 15.9 Å². The molecule has 0 aliphatic rings. The van der Waals surface area contributed by atoms with Crippen molar-refractivity contribution in [1.29, 1.82) is 0 Å². The second-order valence-corrected chi connectivity index (χ2v) is 4.94. The van der Waals surface area contributed by atoms with Gasteiger partial charge >= 0.3 is 7.12 Å². The molecule has 0 bridgehead atoms. The molecular formula is C17H15BO2. The van der Waals surface area contributed by atoms with Crippen LogP contribution in [0.4, 0.5) is 0 Å². The smallest absolute Gasteiger partial charge is 0.423 e. The van der Waals surface area contributed by atoms with E-state index >= 15 is 0 Å². The Morgan fingerprint density at radius 2 is 1.80 bits per heavy atom.